The largest absolute Gasteiger partial charge is 0.486 e. The molecule has 0 spiro atoms. The third-order valence-electron chi connectivity index (χ3n) is 2.43. The van der Waals surface area contributed by atoms with Crippen molar-refractivity contribution in [3.05, 3.63) is 18.2 Å². The number of ether oxygens (including phenoxy) is 2. The van der Waals surface area contributed by atoms with E-state index in [4.69, 9.17) is 15.2 Å². The molecule has 1 aromatic carbocycles. The molecule has 0 aromatic heterocycles. The molecule has 0 radical (unpaired) electrons. The smallest absolute Gasteiger partial charge is 0.163 e. The zero-order valence-corrected chi connectivity index (χ0v) is 8.90. The summed E-state index contributed by atoms with van der Waals surface area (Å²) < 4.78 is 11.0. The van der Waals surface area contributed by atoms with Crippen LogP contribution in [0, 0.1) is 0 Å². The van der Waals surface area contributed by atoms with Crippen LogP contribution in [0.5, 0.6) is 11.5 Å². The van der Waals surface area contributed by atoms with Gasteiger partial charge in [-0.15, -0.1) is 0 Å². The van der Waals surface area contributed by atoms with Crippen LogP contribution in [0.1, 0.15) is 0 Å². The van der Waals surface area contributed by atoms with Crippen LogP contribution in [0.4, 0.5) is 5.69 Å². The van der Waals surface area contributed by atoms with Crippen LogP contribution in [0.25, 0.3) is 0 Å². The zero-order valence-electron chi connectivity index (χ0n) is 8.90. The number of likely N-dealkylation sites (N-methyl/N-ethyl adjacent to an activating group) is 1. The van der Waals surface area contributed by atoms with Crippen molar-refractivity contribution in [3.8, 4) is 11.5 Å². The molecular weight excluding hydrogens is 192 g/mol. The Hall–Kier alpha value is -1.42. The Bertz CT molecular complexity index is 341. The van der Waals surface area contributed by atoms with Gasteiger partial charge >= 0.3 is 0 Å². The number of hydrogen-bond acceptors (Lipinski definition) is 4. The van der Waals surface area contributed by atoms with Crippen molar-refractivity contribution in [1.29, 1.82) is 0 Å². The van der Waals surface area contributed by atoms with Crippen LogP contribution in [-0.4, -0.2) is 33.4 Å². The quantitative estimate of drug-likeness (QED) is 0.800. The predicted molar refractivity (Wildman–Crippen MR) is 59.8 cm³/mol. The maximum absolute atomic E-state index is 5.51. The molecule has 0 atom stereocenters. The molecule has 0 saturated carbocycles. The van der Waals surface area contributed by atoms with E-state index >= 15 is 0 Å². The summed E-state index contributed by atoms with van der Waals surface area (Å²) in [5, 5.41) is 0. The second kappa shape index (κ2) is 4.40. The molecular formula is C11H16N2O2. The van der Waals surface area contributed by atoms with Crippen LogP contribution in [-0.2, 0) is 0 Å². The van der Waals surface area contributed by atoms with Crippen molar-refractivity contribution in [3.63, 3.8) is 0 Å². The van der Waals surface area contributed by atoms with E-state index < -0.39 is 0 Å². The Morgan fingerprint density at radius 2 is 2.00 bits per heavy atom. The lowest BCUT2D eigenvalue weighted by atomic mass is 10.2. The predicted octanol–water partition coefficient (Wildman–Crippen LogP) is 0.853. The minimum absolute atomic E-state index is 0.622. The van der Waals surface area contributed by atoms with Gasteiger partial charge in [0.15, 0.2) is 11.5 Å². The SMILES string of the molecule is CN(CCN)c1ccc2c(c1)OCCO2. The normalized spacial score (nSPS) is 13.7. The number of hydrogen-bond donors (Lipinski definition) is 1. The van der Waals surface area contributed by atoms with E-state index in [9.17, 15) is 0 Å². The first-order valence-electron chi connectivity index (χ1n) is 5.12. The summed E-state index contributed by atoms with van der Waals surface area (Å²) in [5.74, 6) is 1.65. The Labute approximate surface area is 89.6 Å². The number of rotatable bonds is 3. The lowest BCUT2D eigenvalue weighted by Gasteiger charge is -2.23. The van der Waals surface area contributed by atoms with Crippen molar-refractivity contribution in [2.45, 2.75) is 0 Å². The van der Waals surface area contributed by atoms with Crippen molar-refractivity contribution >= 4 is 5.69 Å². The number of anilines is 1. The van der Waals surface area contributed by atoms with Crippen molar-refractivity contribution < 1.29 is 9.47 Å². The molecule has 82 valence electrons. The fourth-order valence-corrected chi connectivity index (χ4v) is 1.59. The topological polar surface area (TPSA) is 47.7 Å². The van der Waals surface area contributed by atoms with Gasteiger partial charge in [0.2, 0.25) is 0 Å². The van der Waals surface area contributed by atoms with E-state index in [0.717, 1.165) is 23.7 Å². The highest BCUT2D eigenvalue weighted by Gasteiger charge is 2.12. The minimum atomic E-state index is 0.622. The number of nitrogens with two attached hydrogens (primary N) is 1. The molecule has 2 N–H and O–H groups in total. The summed E-state index contributed by atoms with van der Waals surface area (Å²) in [4.78, 5) is 2.10. The summed E-state index contributed by atoms with van der Waals surface area (Å²) in [6.07, 6.45) is 0. The fraction of sp³-hybridized carbons (Fsp3) is 0.455. The van der Waals surface area contributed by atoms with Gasteiger partial charge in [-0.25, -0.2) is 0 Å². The first-order chi connectivity index (χ1) is 7.31. The molecule has 1 aliphatic rings. The lowest BCUT2D eigenvalue weighted by Crippen LogP contribution is -2.25. The van der Waals surface area contributed by atoms with Crippen molar-refractivity contribution in [2.75, 3.05) is 38.3 Å². The van der Waals surface area contributed by atoms with Gasteiger partial charge in [0.25, 0.3) is 0 Å². The van der Waals surface area contributed by atoms with E-state index in [0.29, 0.717) is 19.8 Å². The van der Waals surface area contributed by atoms with Gasteiger partial charge in [0, 0.05) is 31.9 Å². The summed E-state index contributed by atoms with van der Waals surface area (Å²) >= 11 is 0. The molecule has 0 aliphatic carbocycles. The number of benzene rings is 1. The van der Waals surface area contributed by atoms with Crippen molar-refractivity contribution in [1.82, 2.24) is 0 Å². The van der Waals surface area contributed by atoms with Crippen molar-refractivity contribution in [2.24, 2.45) is 5.73 Å². The van der Waals surface area contributed by atoms with E-state index in [1.807, 2.05) is 25.2 Å². The second-order valence-corrected chi connectivity index (χ2v) is 3.54. The van der Waals surface area contributed by atoms with Gasteiger partial charge in [-0.05, 0) is 12.1 Å². The van der Waals surface area contributed by atoms with E-state index in [2.05, 4.69) is 4.90 Å². The summed E-state index contributed by atoms with van der Waals surface area (Å²) in [7, 11) is 2.01. The average molecular weight is 208 g/mol. The third kappa shape index (κ3) is 2.15. The van der Waals surface area contributed by atoms with Gasteiger partial charge in [0.1, 0.15) is 13.2 Å². The standard InChI is InChI=1S/C11H16N2O2/c1-13(5-4-12)9-2-3-10-11(8-9)15-7-6-14-10/h2-3,8H,4-7,12H2,1H3. The van der Waals surface area contributed by atoms with E-state index in [1.165, 1.54) is 0 Å². The van der Waals surface area contributed by atoms with E-state index in [-0.39, 0.29) is 0 Å². The Morgan fingerprint density at radius 3 is 2.73 bits per heavy atom. The highest BCUT2D eigenvalue weighted by atomic mass is 16.6. The van der Waals surface area contributed by atoms with Gasteiger partial charge in [-0.1, -0.05) is 0 Å². The lowest BCUT2D eigenvalue weighted by molar-refractivity contribution is 0.171. The molecule has 0 saturated heterocycles. The average Bonchev–Trinajstić information content (AvgIpc) is 2.29. The Balaban J connectivity index is 2.20. The maximum atomic E-state index is 5.51. The number of fused-ring (bicyclic) bond motifs is 1. The summed E-state index contributed by atoms with van der Waals surface area (Å²) in [5.41, 5.74) is 6.61. The molecule has 0 fully saturated rings. The van der Waals surface area contributed by atoms with Crippen LogP contribution in [0.2, 0.25) is 0 Å². The van der Waals surface area contributed by atoms with Crippen LogP contribution >= 0.6 is 0 Å². The molecule has 4 nitrogen and oxygen atoms in total. The first kappa shape index (κ1) is 10.1. The van der Waals surface area contributed by atoms with Crippen LogP contribution < -0.4 is 20.1 Å². The molecule has 1 aromatic rings. The maximum Gasteiger partial charge on any atom is 0.163 e. The Morgan fingerprint density at radius 1 is 1.27 bits per heavy atom. The zero-order chi connectivity index (χ0) is 10.7. The monoisotopic (exact) mass is 208 g/mol. The molecule has 2 rings (SSSR count). The summed E-state index contributed by atoms with van der Waals surface area (Å²) in [6.45, 7) is 2.73. The van der Waals surface area contributed by atoms with Crippen LogP contribution in [0.3, 0.4) is 0 Å². The first-order valence-corrected chi connectivity index (χ1v) is 5.12. The van der Waals surface area contributed by atoms with Gasteiger partial charge in [-0.3, -0.25) is 0 Å². The third-order valence-corrected chi connectivity index (χ3v) is 2.43. The molecule has 0 amide bonds. The highest BCUT2D eigenvalue weighted by molar-refractivity contribution is 5.56. The van der Waals surface area contributed by atoms with Gasteiger partial charge in [-0.2, -0.15) is 0 Å². The molecule has 4 heteroatoms. The second-order valence-electron chi connectivity index (χ2n) is 3.54. The molecule has 15 heavy (non-hydrogen) atoms. The fourth-order valence-electron chi connectivity index (χ4n) is 1.59. The minimum Gasteiger partial charge on any atom is -0.486 e. The highest BCUT2D eigenvalue weighted by Crippen LogP contribution is 2.33. The molecule has 0 bridgehead atoms. The van der Waals surface area contributed by atoms with Gasteiger partial charge < -0.3 is 20.1 Å². The van der Waals surface area contributed by atoms with Crippen LogP contribution in [0.15, 0.2) is 18.2 Å². The molecule has 1 heterocycles. The Kier molecular flexibility index (Phi) is 2.97. The molecule has 0 unspecified atom stereocenters. The number of nitrogens with zero attached hydrogens (tertiary/aromatic N) is 1. The molecule has 1 aliphatic heterocycles. The summed E-state index contributed by atoms with van der Waals surface area (Å²) in [6, 6.07) is 5.95. The van der Waals surface area contributed by atoms with Gasteiger partial charge in [0.05, 0.1) is 0 Å². The van der Waals surface area contributed by atoms with E-state index in [1.54, 1.807) is 0 Å².